The lowest BCUT2D eigenvalue weighted by molar-refractivity contribution is 0.628. The number of benzene rings is 1. The molecule has 1 aromatic heterocycles. The van der Waals surface area contributed by atoms with Crippen LogP contribution in [0, 0.1) is 5.82 Å². The van der Waals surface area contributed by atoms with Gasteiger partial charge in [0, 0.05) is 24.1 Å². The lowest BCUT2D eigenvalue weighted by atomic mass is 10.1. The first-order valence-electron chi connectivity index (χ1n) is 6.49. The Labute approximate surface area is 112 Å². The van der Waals surface area contributed by atoms with Crippen molar-refractivity contribution in [2.75, 3.05) is 11.9 Å². The lowest BCUT2D eigenvalue weighted by Crippen LogP contribution is -2.05. The molecule has 0 aliphatic heterocycles. The smallest absolute Gasteiger partial charge is 0.133 e. The van der Waals surface area contributed by atoms with Crippen LogP contribution in [0.2, 0.25) is 0 Å². The second kappa shape index (κ2) is 5.78. The van der Waals surface area contributed by atoms with Crippen molar-refractivity contribution in [3.63, 3.8) is 0 Å². The molecule has 3 nitrogen and oxygen atoms in total. The summed E-state index contributed by atoms with van der Waals surface area (Å²) in [4.78, 5) is 8.96. The molecule has 0 aliphatic carbocycles. The van der Waals surface area contributed by atoms with Crippen molar-refractivity contribution in [2.24, 2.45) is 0 Å². The number of anilines is 1. The number of hydrogen-bond donors (Lipinski definition) is 1. The summed E-state index contributed by atoms with van der Waals surface area (Å²) in [5.41, 5.74) is 1.51. The first kappa shape index (κ1) is 13.5. The van der Waals surface area contributed by atoms with Crippen LogP contribution in [0.3, 0.4) is 0 Å². The first-order valence-corrected chi connectivity index (χ1v) is 6.49. The van der Waals surface area contributed by atoms with E-state index >= 15 is 0 Å². The third-order valence-electron chi connectivity index (χ3n) is 2.74. The van der Waals surface area contributed by atoms with Gasteiger partial charge in [-0.05, 0) is 19.1 Å². The highest BCUT2D eigenvalue weighted by Gasteiger charge is 2.09. The van der Waals surface area contributed by atoms with Gasteiger partial charge in [0.1, 0.15) is 17.5 Å². The van der Waals surface area contributed by atoms with Gasteiger partial charge in [-0.1, -0.05) is 26.0 Å². The van der Waals surface area contributed by atoms with Gasteiger partial charge in [-0.25, -0.2) is 14.4 Å². The van der Waals surface area contributed by atoms with Gasteiger partial charge in [0.15, 0.2) is 0 Å². The summed E-state index contributed by atoms with van der Waals surface area (Å²) in [5, 5.41) is 3.18. The molecular weight excluding hydrogens is 241 g/mol. The maximum absolute atomic E-state index is 13.3. The number of aromatic nitrogens is 2. The fourth-order valence-corrected chi connectivity index (χ4v) is 1.79. The van der Waals surface area contributed by atoms with E-state index in [4.69, 9.17) is 0 Å². The van der Waals surface area contributed by atoms with E-state index in [0.29, 0.717) is 0 Å². The molecule has 0 radical (unpaired) electrons. The van der Waals surface area contributed by atoms with Crippen LogP contribution in [0.4, 0.5) is 10.2 Å². The predicted molar refractivity (Wildman–Crippen MR) is 75.7 cm³/mol. The summed E-state index contributed by atoms with van der Waals surface area (Å²) >= 11 is 0. The molecular formula is C15H18FN3. The van der Waals surface area contributed by atoms with Gasteiger partial charge in [-0.2, -0.15) is 0 Å². The molecule has 0 spiro atoms. The van der Waals surface area contributed by atoms with Gasteiger partial charge in [0.25, 0.3) is 0 Å². The van der Waals surface area contributed by atoms with Crippen molar-refractivity contribution in [3.8, 4) is 11.3 Å². The number of hydrogen-bond acceptors (Lipinski definition) is 3. The molecule has 2 aromatic rings. The zero-order valence-electron chi connectivity index (χ0n) is 11.4. The minimum atomic E-state index is -0.257. The highest BCUT2D eigenvalue weighted by Crippen LogP contribution is 2.23. The van der Waals surface area contributed by atoms with Crippen LogP contribution >= 0.6 is 0 Å². The fourth-order valence-electron chi connectivity index (χ4n) is 1.79. The van der Waals surface area contributed by atoms with E-state index in [1.54, 1.807) is 6.07 Å². The summed E-state index contributed by atoms with van der Waals surface area (Å²) < 4.78 is 13.3. The molecule has 0 saturated heterocycles. The van der Waals surface area contributed by atoms with Crippen molar-refractivity contribution >= 4 is 5.82 Å². The van der Waals surface area contributed by atoms with Gasteiger partial charge >= 0.3 is 0 Å². The zero-order chi connectivity index (χ0) is 13.8. The van der Waals surface area contributed by atoms with E-state index in [2.05, 4.69) is 15.3 Å². The van der Waals surface area contributed by atoms with Gasteiger partial charge in [0.2, 0.25) is 0 Å². The van der Waals surface area contributed by atoms with Crippen LogP contribution in [-0.2, 0) is 0 Å². The minimum absolute atomic E-state index is 0.228. The molecule has 4 heteroatoms. The molecule has 19 heavy (non-hydrogen) atoms. The van der Waals surface area contributed by atoms with E-state index in [1.165, 1.54) is 12.1 Å². The highest BCUT2D eigenvalue weighted by atomic mass is 19.1. The van der Waals surface area contributed by atoms with E-state index < -0.39 is 0 Å². The van der Waals surface area contributed by atoms with Crippen molar-refractivity contribution in [2.45, 2.75) is 26.7 Å². The van der Waals surface area contributed by atoms with E-state index in [0.717, 1.165) is 29.4 Å². The summed E-state index contributed by atoms with van der Waals surface area (Å²) in [6.45, 7) is 6.89. The third kappa shape index (κ3) is 3.28. The Balaban J connectivity index is 2.49. The summed E-state index contributed by atoms with van der Waals surface area (Å²) in [6, 6.07) is 8.31. The standard InChI is InChI=1S/C15H18FN3/c1-4-17-14-9-13(18-15(19-14)10(2)3)11-6-5-7-12(16)8-11/h5-10H,4H2,1-3H3,(H,17,18,19). The third-order valence-corrected chi connectivity index (χ3v) is 2.74. The van der Waals surface area contributed by atoms with Crippen LogP contribution in [0.15, 0.2) is 30.3 Å². The fraction of sp³-hybridized carbons (Fsp3) is 0.333. The molecule has 0 fully saturated rings. The van der Waals surface area contributed by atoms with Gasteiger partial charge in [-0.15, -0.1) is 0 Å². The zero-order valence-corrected chi connectivity index (χ0v) is 11.4. The molecule has 1 heterocycles. The van der Waals surface area contributed by atoms with Crippen LogP contribution in [0.1, 0.15) is 32.5 Å². The van der Waals surface area contributed by atoms with Crippen LogP contribution in [0.25, 0.3) is 11.3 Å². The second-order valence-electron chi connectivity index (χ2n) is 4.69. The summed E-state index contributed by atoms with van der Waals surface area (Å²) in [7, 11) is 0. The Kier molecular flexibility index (Phi) is 4.10. The van der Waals surface area contributed by atoms with Crippen LogP contribution < -0.4 is 5.32 Å². The molecule has 100 valence electrons. The Morgan fingerprint density at radius 2 is 2.00 bits per heavy atom. The van der Waals surface area contributed by atoms with Gasteiger partial charge in [0.05, 0.1) is 5.69 Å². The molecule has 2 rings (SSSR count). The Bertz CT molecular complexity index is 567. The molecule has 0 atom stereocenters. The maximum Gasteiger partial charge on any atom is 0.133 e. The number of rotatable bonds is 4. The monoisotopic (exact) mass is 259 g/mol. The number of nitrogens with zero attached hydrogens (tertiary/aromatic N) is 2. The van der Waals surface area contributed by atoms with Gasteiger partial charge < -0.3 is 5.32 Å². The Morgan fingerprint density at radius 3 is 2.63 bits per heavy atom. The summed E-state index contributed by atoms with van der Waals surface area (Å²) in [5.74, 6) is 1.51. The molecule has 1 aromatic carbocycles. The normalized spacial score (nSPS) is 10.8. The van der Waals surface area contributed by atoms with E-state index in [-0.39, 0.29) is 11.7 Å². The SMILES string of the molecule is CCNc1cc(-c2cccc(F)c2)nc(C(C)C)n1. The largest absolute Gasteiger partial charge is 0.370 e. The molecule has 0 amide bonds. The van der Waals surface area contributed by atoms with Gasteiger partial charge in [-0.3, -0.25) is 0 Å². The van der Waals surface area contributed by atoms with Crippen LogP contribution in [-0.4, -0.2) is 16.5 Å². The molecule has 0 unspecified atom stereocenters. The first-order chi connectivity index (χ1) is 9.10. The Hall–Kier alpha value is -1.97. The molecule has 1 N–H and O–H groups in total. The molecule has 0 saturated carbocycles. The molecule has 0 bridgehead atoms. The van der Waals surface area contributed by atoms with Crippen molar-refractivity contribution < 1.29 is 4.39 Å². The van der Waals surface area contributed by atoms with E-state index in [9.17, 15) is 4.39 Å². The van der Waals surface area contributed by atoms with Crippen LogP contribution in [0.5, 0.6) is 0 Å². The number of halogens is 1. The van der Waals surface area contributed by atoms with Crippen molar-refractivity contribution in [1.29, 1.82) is 0 Å². The molecule has 0 aliphatic rings. The van der Waals surface area contributed by atoms with Crippen molar-refractivity contribution in [3.05, 3.63) is 42.0 Å². The second-order valence-corrected chi connectivity index (χ2v) is 4.69. The lowest BCUT2D eigenvalue weighted by Gasteiger charge is -2.11. The van der Waals surface area contributed by atoms with Crippen molar-refractivity contribution in [1.82, 2.24) is 9.97 Å². The average molecular weight is 259 g/mol. The highest BCUT2D eigenvalue weighted by molar-refractivity contribution is 5.62. The quantitative estimate of drug-likeness (QED) is 0.906. The topological polar surface area (TPSA) is 37.8 Å². The van der Waals surface area contributed by atoms with E-state index in [1.807, 2.05) is 32.9 Å². The number of nitrogens with one attached hydrogen (secondary N) is 1. The average Bonchev–Trinajstić information content (AvgIpc) is 2.38. The maximum atomic E-state index is 13.3. The Morgan fingerprint density at radius 1 is 1.21 bits per heavy atom. The minimum Gasteiger partial charge on any atom is -0.370 e. The predicted octanol–water partition coefficient (Wildman–Crippen LogP) is 3.84. The summed E-state index contributed by atoms with van der Waals surface area (Å²) in [6.07, 6.45) is 0.